The predicted octanol–water partition coefficient (Wildman–Crippen LogP) is 7.87. The number of hydrogen-bond acceptors (Lipinski definition) is 8. The summed E-state index contributed by atoms with van der Waals surface area (Å²) in [6.07, 6.45) is -3.05. The van der Waals surface area contributed by atoms with Crippen LogP contribution in [0.15, 0.2) is 61.1 Å². The van der Waals surface area contributed by atoms with Gasteiger partial charge in [0.2, 0.25) is 5.91 Å². The average molecular weight is 691 g/mol. The van der Waals surface area contributed by atoms with Crippen LogP contribution in [0.4, 0.5) is 50.0 Å². The molecule has 0 atom stereocenters. The number of benzene rings is 2. The highest BCUT2D eigenvalue weighted by Crippen LogP contribution is 2.31. The van der Waals surface area contributed by atoms with Gasteiger partial charge in [0, 0.05) is 17.8 Å². The van der Waals surface area contributed by atoms with Gasteiger partial charge < -0.3 is 42.9 Å². The van der Waals surface area contributed by atoms with Crippen molar-refractivity contribution in [2.24, 2.45) is 17.8 Å². The number of amides is 1. The van der Waals surface area contributed by atoms with Crippen molar-refractivity contribution in [1.82, 2.24) is 9.97 Å². The molecule has 2 aromatic carbocycles. The molecule has 0 saturated heterocycles. The second kappa shape index (κ2) is 25.8. The van der Waals surface area contributed by atoms with E-state index in [0.717, 1.165) is 36.8 Å². The number of rotatable bonds is 2. The summed E-state index contributed by atoms with van der Waals surface area (Å²) in [7, 11) is 0. The predicted molar refractivity (Wildman–Crippen MR) is 177 cm³/mol. The Labute approximate surface area is 276 Å². The zero-order chi connectivity index (χ0) is 38.0. The molecule has 1 amide bonds. The molecule has 1 aliphatic rings. The molecule has 1 fully saturated rings. The van der Waals surface area contributed by atoms with Gasteiger partial charge in [0.05, 0.1) is 16.9 Å². The fraction of sp³-hybridized carbons (Fsp3) is 0.387. The Hall–Kier alpha value is -5.35. The molecule has 0 spiro atoms. The number of anilines is 4. The van der Waals surface area contributed by atoms with Crippen molar-refractivity contribution in [3.05, 3.63) is 72.4 Å². The number of nitrogens with zero attached hydrogens (tertiary/aromatic N) is 2. The fourth-order valence-corrected chi connectivity index (χ4v) is 2.20. The first-order valence-corrected chi connectivity index (χ1v) is 14.1. The van der Waals surface area contributed by atoms with Gasteiger partial charge in [0.25, 0.3) is 0 Å². The lowest BCUT2D eigenvalue weighted by molar-refractivity contribution is -0.137. The van der Waals surface area contributed by atoms with Crippen LogP contribution in [0, 0.1) is 23.6 Å². The average Bonchev–Trinajstić information content (AvgIpc) is 3.76. The number of hydrogen-bond donors (Lipinski definition) is 8. The van der Waals surface area contributed by atoms with Crippen LogP contribution in [-0.2, 0) is 11.0 Å². The number of nitrogens with one attached hydrogen (secondary N) is 1. The van der Waals surface area contributed by atoms with Crippen LogP contribution >= 0.6 is 0 Å². The molecule has 11 N–H and O–H groups in total. The van der Waals surface area contributed by atoms with E-state index in [9.17, 15) is 22.4 Å². The maximum absolute atomic E-state index is 12.7. The molecule has 270 valence electrons. The maximum atomic E-state index is 12.7. The number of aromatic nitrogens is 2. The molecule has 1 aliphatic carbocycles. The van der Waals surface area contributed by atoms with Crippen molar-refractivity contribution in [2.45, 2.75) is 60.6 Å². The van der Waals surface area contributed by atoms with Crippen LogP contribution in [0.2, 0.25) is 0 Å². The van der Waals surface area contributed by atoms with E-state index in [1.807, 2.05) is 0 Å². The summed E-state index contributed by atoms with van der Waals surface area (Å²) in [5.74, 6) is 1.88. The molecular weight excluding hydrogens is 644 g/mol. The summed E-state index contributed by atoms with van der Waals surface area (Å²) < 4.78 is 48.3. The highest BCUT2D eigenvalue weighted by molar-refractivity contribution is 5.96. The number of nitrogens with two attached hydrogens (primary N) is 3. The third-order valence-corrected chi connectivity index (χ3v) is 4.06. The second-order valence-corrected chi connectivity index (χ2v) is 10.8. The number of carbonyl (C=O) groups excluding carboxylic acids is 1. The van der Waals surface area contributed by atoms with E-state index in [1.54, 1.807) is 12.3 Å². The molecule has 0 aliphatic heterocycles. The standard InChI is InChI=1S/C10H11FN2O.C7H6F3N.C4H5N3.2C4H10.2CH2O3/c11-7-3-4-9(8(12)5-7)13-10(14)6-1-2-6;8-7(9,10)5-1-3-6(11)4-2-5;5-4-1-2-6-3-7-4;2*1-4(2)3;2*2-1(3)4/h3-6H,1-2,12H2,(H,13,14);1-4H,11H2;1-3H,(H2,5,6,7);2*4H,1-3H3;2*(H2,2,3,4). The second-order valence-electron chi connectivity index (χ2n) is 10.8. The van der Waals surface area contributed by atoms with E-state index in [1.165, 1.54) is 36.7 Å². The van der Waals surface area contributed by atoms with E-state index in [-0.39, 0.29) is 17.5 Å². The fourth-order valence-electron chi connectivity index (χ4n) is 2.20. The highest BCUT2D eigenvalue weighted by Gasteiger charge is 2.30. The number of carbonyl (C=O) groups is 3. The minimum absolute atomic E-state index is 0.0247. The van der Waals surface area contributed by atoms with Gasteiger partial charge in [-0.25, -0.2) is 23.9 Å². The Bertz CT molecular complexity index is 1280. The third kappa shape index (κ3) is 35.1. The summed E-state index contributed by atoms with van der Waals surface area (Å²) in [6.45, 7) is 13.0. The molecular formula is C31H46F4N6O7. The molecule has 0 bridgehead atoms. The van der Waals surface area contributed by atoms with Gasteiger partial charge in [0.15, 0.2) is 0 Å². The van der Waals surface area contributed by atoms with Gasteiger partial charge >= 0.3 is 18.5 Å². The minimum Gasteiger partial charge on any atom is -0.450 e. The molecule has 48 heavy (non-hydrogen) atoms. The van der Waals surface area contributed by atoms with E-state index < -0.39 is 29.9 Å². The van der Waals surface area contributed by atoms with Gasteiger partial charge in [0.1, 0.15) is 18.0 Å². The minimum atomic E-state index is -4.27. The summed E-state index contributed by atoms with van der Waals surface area (Å²) in [4.78, 5) is 35.8. The van der Waals surface area contributed by atoms with Crippen molar-refractivity contribution in [1.29, 1.82) is 0 Å². The molecule has 1 aromatic heterocycles. The van der Waals surface area contributed by atoms with Crippen molar-refractivity contribution >= 4 is 41.1 Å². The first-order valence-electron chi connectivity index (χ1n) is 14.1. The molecule has 17 heteroatoms. The summed E-state index contributed by atoms with van der Waals surface area (Å²) in [5.41, 5.74) is 16.4. The van der Waals surface area contributed by atoms with Crippen molar-refractivity contribution < 1.29 is 52.4 Å². The molecule has 3 aromatic rings. The molecule has 0 unspecified atom stereocenters. The normalized spacial score (nSPS) is 10.8. The van der Waals surface area contributed by atoms with E-state index >= 15 is 0 Å². The van der Waals surface area contributed by atoms with Gasteiger partial charge in [-0.1, -0.05) is 41.5 Å². The molecule has 4 rings (SSSR count). The number of carboxylic acid groups (broad SMARTS) is 4. The third-order valence-electron chi connectivity index (χ3n) is 4.06. The monoisotopic (exact) mass is 690 g/mol. The lowest BCUT2D eigenvalue weighted by Gasteiger charge is -2.06. The van der Waals surface area contributed by atoms with Gasteiger partial charge in [-0.05, 0) is 73.2 Å². The van der Waals surface area contributed by atoms with Crippen molar-refractivity contribution in [2.75, 3.05) is 22.5 Å². The van der Waals surface area contributed by atoms with Gasteiger partial charge in [-0.15, -0.1) is 0 Å². The van der Waals surface area contributed by atoms with Crippen LogP contribution in [-0.4, -0.2) is 48.6 Å². The number of alkyl halides is 3. The Morgan fingerprint density at radius 2 is 1.25 bits per heavy atom. The van der Waals surface area contributed by atoms with Crippen LogP contribution in [0.3, 0.4) is 0 Å². The number of halogens is 4. The van der Waals surface area contributed by atoms with Crippen molar-refractivity contribution in [3.63, 3.8) is 0 Å². The lowest BCUT2D eigenvalue weighted by Crippen LogP contribution is -2.14. The summed E-state index contributed by atoms with van der Waals surface area (Å²) in [6, 6.07) is 9.95. The smallest absolute Gasteiger partial charge is 0.450 e. The van der Waals surface area contributed by atoms with Crippen LogP contribution in [0.5, 0.6) is 0 Å². The van der Waals surface area contributed by atoms with Crippen LogP contribution in [0.1, 0.15) is 59.9 Å². The Balaban J connectivity index is -0.000000532. The Morgan fingerprint density at radius 1 is 0.812 bits per heavy atom. The quantitative estimate of drug-likeness (QED) is 0.0945. The first kappa shape index (κ1) is 47.1. The molecule has 1 saturated carbocycles. The Morgan fingerprint density at radius 3 is 1.54 bits per heavy atom. The topological polar surface area (TPSA) is 248 Å². The zero-order valence-corrected chi connectivity index (χ0v) is 27.6. The van der Waals surface area contributed by atoms with Gasteiger partial charge in [-0.2, -0.15) is 13.2 Å². The van der Waals surface area contributed by atoms with E-state index in [0.29, 0.717) is 17.2 Å². The zero-order valence-electron chi connectivity index (χ0n) is 27.6. The largest absolute Gasteiger partial charge is 0.503 e. The summed E-state index contributed by atoms with van der Waals surface area (Å²) in [5, 5.41) is 30.6. The molecule has 13 nitrogen and oxygen atoms in total. The highest BCUT2D eigenvalue weighted by atomic mass is 19.4. The van der Waals surface area contributed by atoms with Crippen molar-refractivity contribution in [3.8, 4) is 0 Å². The number of nitrogen functional groups attached to an aromatic ring is 3. The summed E-state index contributed by atoms with van der Waals surface area (Å²) >= 11 is 0. The van der Waals surface area contributed by atoms with E-state index in [4.69, 9.17) is 47.2 Å². The van der Waals surface area contributed by atoms with Crippen LogP contribution < -0.4 is 22.5 Å². The van der Waals surface area contributed by atoms with Crippen LogP contribution in [0.25, 0.3) is 0 Å². The van der Waals surface area contributed by atoms with E-state index in [2.05, 4.69) is 56.8 Å². The molecule has 1 heterocycles. The Kier molecular flexibility index (Phi) is 25.3. The molecule has 0 radical (unpaired) electrons. The SMILES string of the molecule is CC(C)C.CC(C)C.Nc1cc(F)ccc1NC(=O)C1CC1.Nc1ccc(C(F)(F)F)cc1.Nc1ccncn1.O=C(O)O.O=C(O)O. The first-order chi connectivity index (χ1) is 22.0. The van der Waals surface area contributed by atoms with Gasteiger partial charge in [-0.3, -0.25) is 4.79 Å². The lowest BCUT2D eigenvalue weighted by atomic mass is 10.2. The maximum Gasteiger partial charge on any atom is 0.503 e.